The summed E-state index contributed by atoms with van der Waals surface area (Å²) in [4.78, 5) is 8.38. The largest absolute Gasteiger partial charge is 0.297 e. The summed E-state index contributed by atoms with van der Waals surface area (Å²) < 4.78 is 0. The van der Waals surface area contributed by atoms with Crippen LogP contribution >= 0.6 is 11.3 Å². The van der Waals surface area contributed by atoms with E-state index in [9.17, 15) is 0 Å². The van der Waals surface area contributed by atoms with Crippen LogP contribution in [0.3, 0.4) is 0 Å². The van der Waals surface area contributed by atoms with Crippen molar-refractivity contribution in [2.45, 2.75) is 52.0 Å². The van der Waals surface area contributed by atoms with Gasteiger partial charge in [-0.3, -0.25) is 4.90 Å². The molecule has 0 radical (unpaired) electrons. The molecule has 0 bridgehead atoms. The molecule has 98 valence electrons. The maximum Gasteiger partial charge on any atom is 0.107 e. The Kier molecular flexibility index (Phi) is 5.15. The van der Waals surface area contributed by atoms with E-state index in [0.717, 1.165) is 18.7 Å². The minimum atomic E-state index is 0.515. The van der Waals surface area contributed by atoms with Crippen molar-refractivity contribution in [3.8, 4) is 6.07 Å². The van der Waals surface area contributed by atoms with Gasteiger partial charge in [-0.25, -0.2) is 4.98 Å². The maximum absolute atomic E-state index is 8.83. The van der Waals surface area contributed by atoms with Crippen LogP contribution in [0.15, 0.2) is 0 Å². The van der Waals surface area contributed by atoms with Crippen molar-refractivity contribution in [1.82, 2.24) is 9.88 Å². The fourth-order valence-corrected chi connectivity index (χ4v) is 3.61. The second kappa shape index (κ2) is 6.86. The highest BCUT2D eigenvalue weighted by Gasteiger charge is 2.14. The van der Waals surface area contributed by atoms with Gasteiger partial charge >= 0.3 is 0 Å². The molecule has 0 spiro atoms. The van der Waals surface area contributed by atoms with Crippen LogP contribution in [0.2, 0.25) is 0 Å². The van der Waals surface area contributed by atoms with Crippen LogP contribution in [0.25, 0.3) is 0 Å². The van der Waals surface area contributed by atoms with Crippen LogP contribution in [0.1, 0.15) is 48.2 Å². The van der Waals surface area contributed by atoms with Crippen LogP contribution in [-0.4, -0.2) is 23.0 Å². The number of likely N-dealkylation sites (tertiary alicyclic amines) is 1. The molecule has 0 amide bonds. The number of thiazole rings is 1. The van der Waals surface area contributed by atoms with Gasteiger partial charge in [0, 0.05) is 4.88 Å². The standard InChI is InChI=1S/C14H21N3S/c1-2-12-13(7-8-15)18-14(16-12)11-17-9-5-3-4-6-10-17/h2-7,9-11H2,1H3. The maximum atomic E-state index is 8.83. The van der Waals surface area contributed by atoms with Gasteiger partial charge in [-0.2, -0.15) is 5.26 Å². The molecule has 0 N–H and O–H groups in total. The van der Waals surface area contributed by atoms with Gasteiger partial charge in [0.25, 0.3) is 0 Å². The van der Waals surface area contributed by atoms with Crippen LogP contribution in [-0.2, 0) is 19.4 Å². The monoisotopic (exact) mass is 263 g/mol. The number of aryl methyl sites for hydroxylation is 1. The predicted molar refractivity (Wildman–Crippen MR) is 74.6 cm³/mol. The Morgan fingerprint density at radius 2 is 2.00 bits per heavy atom. The van der Waals surface area contributed by atoms with Gasteiger partial charge in [0.05, 0.1) is 24.7 Å². The molecular weight excluding hydrogens is 242 g/mol. The molecule has 1 aliphatic rings. The first kappa shape index (κ1) is 13.5. The third-order valence-electron chi connectivity index (χ3n) is 3.45. The summed E-state index contributed by atoms with van der Waals surface area (Å²) in [6, 6.07) is 2.24. The summed E-state index contributed by atoms with van der Waals surface area (Å²) >= 11 is 1.73. The summed E-state index contributed by atoms with van der Waals surface area (Å²) in [5.41, 5.74) is 1.13. The molecule has 2 rings (SSSR count). The van der Waals surface area contributed by atoms with E-state index in [1.54, 1.807) is 11.3 Å². The third-order valence-corrected chi connectivity index (χ3v) is 4.54. The zero-order valence-corrected chi connectivity index (χ0v) is 11.9. The summed E-state index contributed by atoms with van der Waals surface area (Å²) in [6.45, 7) is 5.50. The highest BCUT2D eigenvalue weighted by atomic mass is 32.1. The second-order valence-electron chi connectivity index (χ2n) is 4.86. The average molecular weight is 263 g/mol. The summed E-state index contributed by atoms with van der Waals surface area (Å²) in [7, 11) is 0. The van der Waals surface area contributed by atoms with Crippen LogP contribution in [0, 0.1) is 11.3 Å². The predicted octanol–water partition coefficient (Wildman–Crippen LogP) is 3.15. The Bertz CT molecular complexity index is 411. The van der Waals surface area contributed by atoms with E-state index < -0.39 is 0 Å². The van der Waals surface area contributed by atoms with Crippen molar-refractivity contribution in [3.05, 3.63) is 15.6 Å². The summed E-state index contributed by atoms with van der Waals surface area (Å²) in [6.07, 6.45) is 6.82. The normalized spacial score (nSPS) is 17.3. The molecule has 1 saturated heterocycles. The molecule has 0 aromatic carbocycles. The fourth-order valence-electron chi connectivity index (χ4n) is 2.48. The molecular formula is C14H21N3S. The lowest BCUT2D eigenvalue weighted by molar-refractivity contribution is 0.276. The van der Waals surface area contributed by atoms with Gasteiger partial charge in [-0.1, -0.05) is 19.8 Å². The Balaban J connectivity index is 2.02. The third kappa shape index (κ3) is 3.54. The highest BCUT2D eigenvalue weighted by Crippen LogP contribution is 2.22. The van der Waals surface area contributed by atoms with Crippen molar-refractivity contribution in [2.24, 2.45) is 0 Å². The van der Waals surface area contributed by atoms with Gasteiger partial charge in [-0.05, 0) is 32.4 Å². The van der Waals surface area contributed by atoms with Gasteiger partial charge in [0.2, 0.25) is 0 Å². The van der Waals surface area contributed by atoms with Crippen LogP contribution in [0.5, 0.6) is 0 Å². The molecule has 1 aromatic rings. The molecule has 1 aromatic heterocycles. The zero-order valence-electron chi connectivity index (χ0n) is 11.1. The quantitative estimate of drug-likeness (QED) is 0.838. The number of nitrogens with zero attached hydrogens (tertiary/aromatic N) is 3. The van der Waals surface area contributed by atoms with Crippen LogP contribution in [0.4, 0.5) is 0 Å². The van der Waals surface area contributed by atoms with Crippen molar-refractivity contribution in [2.75, 3.05) is 13.1 Å². The van der Waals surface area contributed by atoms with Crippen molar-refractivity contribution < 1.29 is 0 Å². The van der Waals surface area contributed by atoms with Crippen molar-refractivity contribution in [1.29, 1.82) is 5.26 Å². The highest BCUT2D eigenvalue weighted by molar-refractivity contribution is 7.11. The number of rotatable bonds is 4. The average Bonchev–Trinajstić information content (AvgIpc) is 2.58. The lowest BCUT2D eigenvalue weighted by Crippen LogP contribution is -2.23. The zero-order chi connectivity index (χ0) is 12.8. The van der Waals surface area contributed by atoms with Gasteiger partial charge in [-0.15, -0.1) is 11.3 Å². The molecule has 1 aliphatic heterocycles. The van der Waals surface area contributed by atoms with E-state index in [1.165, 1.54) is 48.7 Å². The van der Waals surface area contributed by atoms with E-state index in [0.29, 0.717) is 6.42 Å². The lowest BCUT2D eigenvalue weighted by atomic mass is 10.2. The molecule has 2 heterocycles. The molecule has 4 heteroatoms. The van der Waals surface area contributed by atoms with Gasteiger partial charge in [0.15, 0.2) is 0 Å². The number of hydrogen-bond acceptors (Lipinski definition) is 4. The molecule has 0 aliphatic carbocycles. The smallest absolute Gasteiger partial charge is 0.107 e. The number of nitriles is 1. The molecule has 0 unspecified atom stereocenters. The topological polar surface area (TPSA) is 39.9 Å². The lowest BCUT2D eigenvalue weighted by Gasteiger charge is -2.17. The van der Waals surface area contributed by atoms with Crippen molar-refractivity contribution in [3.63, 3.8) is 0 Å². The van der Waals surface area contributed by atoms with E-state index in [4.69, 9.17) is 10.2 Å². The first-order valence-corrected chi connectivity index (χ1v) is 7.72. The Morgan fingerprint density at radius 1 is 1.28 bits per heavy atom. The van der Waals surface area contributed by atoms with E-state index >= 15 is 0 Å². The van der Waals surface area contributed by atoms with E-state index in [1.807, 2.05) is 0 Å². The molecule has 1 fully saturated rings. The van der Waals surface area contributed by atoms with Crippen LogP contribution < -0.4 is 0 Å². The molecule has 0 atom stereocenters. The number of hydrogen-bond donors (Lipinski definition) is 0. The first-order valence-electron chi connectivity index (χ1n) is 6.90. The van der Waals surface area contributed by atoms with Gasteiger partial charge in [0.1, 0.15) is 5.01 Å². The molecule has 3 nitrogen and oxygen atoms in total. The van der Waals surface area contributed by atoms with E-state index in [-0.39, 0.29) is 0 Å². The summed E-state index contributed by atoms with van der Waals surface area (Å²) in [5.74, 6) is 0. The minimum Gasteiger partial charge on any atom is -0.297 e. The summed E-state index contributed by atoms with van der Waals surface area (Å²) in [5, 5.41) is 10.0. The first-order chi connectivity index (χ1) is 8.83. The number of aromatic nitrogens is 1. The van der Waals surface area contributed by atoms with Gasteiger partial charge < -0.3 is 0 Å². The Labute approximate surface area is 113 Å². The Hall–Kier alpha value is -0.920. The molecule has 0 saturated carbocycles. The van der Waals surface area contributed by atoms with Crippen molar-refractivity contribution >= 4 is 11.3 Å². The fraction of sp³-hybridized carbons (Fsp3) is 0.714. The SMILES string of the molecule is CCc1nc(CN2CCCCCC2)sc1CC#N. The molecule has 18 heavy (non-hydrogen) atoms. The second-order valence-corrected chi connectivity index (χ2v) is 6.02. The minimum absolute atomic E-state index is 0.515. The Morgan fingerprint density at radius 3 is 2.61 bits per heavy atom. The van der Waals surface area contributed by atoms with E-state index in [2.05, 4.69) is 17.9 Å².